The van der Waals surface area contributed by atoms with E-state index in [0.29, 0.717) is 30.1 Å². The lowest BCUT2D eigenvalue weighted by molar-refractivity contribution is -0.181. The van der Waals surface area contributed by atoms with Crippen LogP contribution in [-0.2, 0) is 32.6 Å². The van der Waals surface area contributed by atoms with Crippen LogP contribution in [0.4, 0.5) is 0 Å². The molecule has 2 aliphatic carbocycles. The number of carbonyl (C=O) groups is 3. The first-order chi connectivity index (χ1) is 20.6. The molecule has 2 aliphatic heterocycles. The Kier molecular flexibility index (Phi) is 6.63. The largest absolute Gasteiger partial charge is 0.481 e. The predicted octanol–water partition coefficient (Wildman–Crippen LogP) is 4.52. The van der Waals surface area contributed by atoms with E-state index in [9.17, 15) is 19.5 Å². The Balaban J connectivity index is 1.17. The number of likely N-dealkylation sites (tertiary alicyclic amines) is 1. The molecule has 8 heteroatoms. The third-order valence-electron chi connectivity index (χ3n) is 10.4. The molecular weight excluding hydrogens is 546 g/mol. The molecule has 0 amide bonds. The van der Waals surface area contributed by atoms with Crippen molar-refractivity contribution in [3.05, 3.63) is 70.8 Å². The fraction of sp³-hybridized carbons (Fsp3) is 0.457. The lowest BCUT2D eigenvalue weighted by Gasteiger charge is -2.59. The number of ether oxygens (including phenoxy) is 2. The van der Waals surface area contributed by atoms with Crippen LogP contribution >= 0.6 is 0 Å². The van der Waals surface area contributed by atoms with Crippen LogP contribution in [0.1, 0.15) is 61.3 Å². The van der Waals surface area contributed by atoms with Gasteiger partial charge < -0.3 is 19.7 Å². The Labute approximate surface area is 250 Å². The number of benzene rings is 3. The van der Waals surface area contributed by atoms with Crippen LogP contribution in [0.25, 0.3) is 10.8 Å². The summed E-state index contributed by atoms with van der Waals surface area (Å²) < 4.78 is 12.4. The van der Waals surface area contributed by atoms with Crippen molar-refractivity contribution in [1.82, 2.24) is 4.90 Å². The third-order valence-corrected chi connectivity index (χ3v) is 10.4. The highest BCUT2D eigenvalue weighted by Crippen LogP contribution is 2.62. The SMILES string of the molecule is Cc1ccc(OC(=O)Cc2ccc3cc(CC(=O)O)ccc3c2)c2c1[C@]13CCN(CC4CC4)[C@H](C)[C@]1(O)CCC(=O)[C@@H]3O2. The van der Waals surface area contributed by atoms with Gasteiger partial charge >= 0.3 is 11.9 Å². The van der Waals surface area contributed by atoms with E-state index in [1.165, 1.54) is 12.8 Å². The first kappa shape index (κ1) is 28.0. The second kappa shape index (κ2) is 10.2. The van der Waals surface area contributed by atoms with E-state index in [0.717, 1.165) is 40.6 Å². The molecule has 3 aromatic carbocycles. The highest BCUT2D eigenvalue weighted by Gasteiger charge is 2.70. The van der Waals surface area contributed by atoms with Crippen molar-refractivity contribution in [3.63, 3.8) is 0 Å². The van der Waals surface area contributed by atoms with Crippen molar-refractivity contribution in [2.75, 3.05) is 13.1 Å². The molecule has 1 spiro atoms. The lowest BCUT2D eigenvalue weighted by atomic mass is 9.52. The van der Waals surface area contributed by atoms with Crippen LogP contribution in [0.15, 0.2) is 48.5 Å². The van der Waals surface area contributed by atoms with E-state index in [1.54, 1.807) is 12.1 Å². The van der Waals surface area contributed by atoms with Crippen molar-refractivity contribution in [2.24, 2.45) is 5.92 Å². The van der Waals surface area contributed by atoms with Gasteiger partial charge in [0.05, 0.1) is 23.9 Å². The quantitative estimate of drug-likeness (QED) is 0.308. The Morgan fingerprint density at radius 2 is 1.72 bits per heavy atom. The number of ketones is 1. The van der Waals surface area contributed by atoms with Gasteiger partial charge in [-0.1, -0.05) is 42.5 Å². The van der Waals surface area contributed by atoms with Crippen molar-refractivity contribution in [3.8, 4) is 11.5 Å². The minimum atomic E-state index is -1.15. The summed E-state index contributed by atoms with van der Waals surface area (Å²) in [5, 5.41) is 23.4. The minimum Gasteiger partial charge on any atom is -0.481 e. The second-order valence-corrected chi connectivity index (χ2v) is 13.0. The van der Waals surface area contributed by atoms with E-state index < -0.39 is 29.1 Å². The Bertz CT molecular complexity index is 1660. The fourth-order valence-electron chi connectivity index (χ4n) is 8.03. The molecule has 0 unspecified atom stereocenters. The summed E-state index contributed by atoms with van der Waals surface area (Å²) in [5.74, 6) is 0.0157. The molecule has 4 atom stereocenters. The summed E-state index contributed by atoms with van der Waals surface area (Å²) in [5.41, 5.74) is 1.17. The lowest BCUT2D eigenvalue weighted by Crippen LogP contribution is -2.74. The van der Waals surface area contributed by atoms with Crippen LogP contribution in [0.2, 0.25) is 0 Å². The van der Waals surface area contributed by atoms with Crippen LogP contribution in [0.5, 0.6) is 11.5 Å². The number of fused-ring (bicyclic) bond motifs is 2. The zero-order chi connectivity index (χ0) is 30.1. The van der Waals surface area contributed by atoms with Gasteiger partial charge in [-0.05, 0) is 85.5 Å². The smallest absolute Gasteiger partial charge is 0.315 e. The summed E-state index contributed by atoms with van der Waals surface area (Å²) in [6, 6.07) is 14.6. The average molecular weight is 584 g/mol. The number of nitrogens with zero attached hydrogens (tertiary/aromatic N) is 1. The van der Waals surface area contributed by atoms with Crippen LogP contribution in [-0.4, -0.2) is 63.7 Å². The monoisotopic (exact) mass is 583 g/mol. The molecule has 7 rings (SSSR count). The van der Waals surface area contributed by atoms with E-state index in [4.69, 9.17) is 14.6 Å². The number of hydrogen-bond acceptors (Lipinski definition) is 7. The first-order valence-electron chi connectivity index (χ1n) is 15.3. The summed E-state index contributed by atoms with van der Waals surface area (Å²) in [6.07, 6.45) is 2.89. The number of carboxylic acid groups (broad SMARTS) is 1. The summed E-state index contributed by atoms with van der Waals surface area (Å²) >= 11 is 0. The Morgan fingerprint density at radius 3 is 2.40 bits per heavy atom. The number of esters is 1. The summed E-state index contributed by atoms with van der Waals surface area (Å²) in [4.78, 5) is 40.1. The molecule has 4 aliphatic rings. The van der Waals surface area contributed by atoms with Gasteiger partial charge in [0, 0.05) is 24.6 Å². The average Bonchev–Trinajstić information content (AvgIpc) is 3.71. The highest BCUT2D eigenvalue weighted by atomic mass is 16.6. The van der Waals surface area contributed by atoms with Gasteiger partial charge in [0.2, 0.25) is 0 Å². The molecule has 2 saturated carbocycles. The topological polar surface area (TPSA) is 113 Å². The van der Waals surface area contributed by atoms with E-state index in [1.807, 2.05) is 43.3 Å². The van der Waals surface area contributed by atoms with Gasteiger partial charge in [-0.15, -0.1) is 0 Å². The molecule has 3 fully saturated rings. The Hall–Kier alpha value is -3.75. The molecule has 8 nitrogen and oxygen atoms in total. The number of rotatable bonds is 7. The maximum Gasteiger partial charge on any atom is 0.315 e. The highest BCUT2D eigenvalue weighted by molar-refractivity contribution is 5.90. The van der Waals surface area contributed by atoms with Crippen molar-refractivity contribution in [1.29, 1.82) is 0 Å². The number of carbonyl (C=O) groups excluding carboxylic acids is 2. The van der Waals surface area contributed by atoms with Crippen molar-refractivity contribution >= 4 is 28.5 Å². The molecular formula is C35H37NO7. The van der Waals surface area contributed by atoms with Crippen LogP contribution in [0.3, 0.4) is 0 Å². The number of aliphatic hydroxyl groups is 1. The third kappa shape index (κ3) is 4.54. The number of Topliss-reactive ketones (excluding diaryl/α,β-unsaturated/α-hetero) is 1. The predicted molar refractivity (Wildman–Crippen MR) is 159 cm³/mol. The molecule has 3 aromatic rings. The minimum absolute atomic E-state index is 0.0110. The summed E-state index contributed by atoms with van der Waals surface area (Å²) in [7, 11) is 0. The Morgan fingerprint density at radius 1 is 1.02 bits per heavy atom. The standard InChI is InChI=1S/C35H37NO7/c1-20-3-10-28(42-30(40)18-24-7-9-25-15-23(17-29(38)39)6-8-26(25)16-24)32-31(20)34-13-14-36(19-22-4-5-22)21(2)35(34,41)12-11-27(37)33(34)43-32/h3,6-10,15-16,21-22,33,41H,4-5,11-14,17-19H2,1-2H3,(H,38,39)/t21-,33+,34+,35-/m1/s1. The van der Waals surface area contributed by atoms with E-state index >= 15 is 0 Å². The maximum absolute atomic E-state index is 13.4. The number of aliphatic carboxylic acids is 1. The van der Waals surface area contributed by atoms with Crippen molar-refractivity contribution in [2.45, 2.75) is 82.0 Å². The number of piperidine rings is 1. The van der Waals surface area contributed by atoms with Gasteiger partial charge in [0.1, 0.15) is 0 Å². The first-order valence-corrected chi connectivity index (χ1v) is 15.3. The van der Waals surface area contributed by atoms with Gasteiger partial charge in [0.15, 0.2) is 23.4 Å². The number of hydrogen-bond donors (Lipinski definition) is 2. The molecule has 2 heterocycles. The molecule has 0 radical (unpaired) electrons. The van der Waals surface area contributed by atoms with Gasteiger partial charge in [-0.3, -0.25) is 19.3 Å². The zero-order valence-corrected chi connectivity index (χ0v) is 24.6. The number of aryl methyl sites for hydroxylation is 1. The zero-order valence-electron chi connectivity index (χ0n) is 24.6. The normalized spacial score (nSPS) is 28.1. The van der Waals surface area contributed by atoms with Crippen LogP contribution < -0.4 is 9.47 Å². The van der Waals surface area contributed by atoms with Crippen molar-refractivity contribution < 1.29 is 34.1 Å². The van der Waals surface area contributed by atoms with E-state index in [2.05, 4.69) is 11.8 Å². The van der Waals surface area contributed by atoms with Gasteiger partial charge in [-0.2, -0.15) is 0 Å². The molecule has 1 saturated heterocycles. The van der Waals surface area contributed by atoms with Gasteiger partial charge in [-0.25, -0.2) is 0 Å². The summed E-state index contributed by atoms with van der Waals surface area (Å²) in [6.45, 7) is 5.81. The van der Waals surface area contributed by atoms with Crippen LogP contribution in [0, 0.1) is 12.8 Å². The maximum atomic E-state index is 13.4. The van der Waals surface area contributed by atoms with E-state index in [-0.39, 0.29) is 36.8 Å². The molecule has 43 heavy (non-hydrogen) atoms. The molecule has 224 valence electrons. The molecule has 2 N–H and O–H groups in total. The fourth-order valence-corrected chi connectivity index (χ4v) is 8.03. The second-order valence-electron chi connectivity index (χ2n) is 13.0. The van der Waals surface area contributed by atoms with Gasteiger partial charge in [0.25, 0.3) is 0 Å². The number of carboxylic acids is 1. The molecule has 0 aromatic heterocycles. The molecule has 0 bridgehead atoms.